The standard InChI is InChI=1S/C15H20O4/c1-11(17)15(19)13(8-3-2-6-10-16)12-7-4-5-9-14(12)18/h4-5,7,9,13,16,18H,2-3,6,8,10H2,1H3. The lowest BCUT2D eigenvalue weighted by molar-refractivity contribution is -0.136. The molecule has 1 aromatic rings. The summed E-state index contributed by atoms with van der Waals surface area (Å²) in [6.07, 6.45) is 2.72. The summed E-state index contributed by atoms with van der Waals surface area (Å²) >= 11 is 0. The minimum Gasteiger partial charge on any atom is -0.508 e. The molecule has 0 fully saturated rings. The molecule has 0 radical (unpaired) electrons. The number of carbonyl (C=O) groups is 2. The van der Waals surface area contributed by atoms with Crippen LogP contribution in [-0.2, 0) is 9.59 Å². The summed E-state index contributed by atoms with van der Waals surface area (Å²) in [5.74, 6) is -1.50. The van der Waals surface area contributed by atoms with E-state index >= 15 is 0 Å². The van der Waals surface area contributed by atoms with E-state index in [9.17, 15) is 14.7 Å². The van der Waals surface area contributed by atoms with Gasteiger partial charge in [-0.1, -0.05) is 31.0 Å². The van der Waals surface area contributed by atoms with Crippen LogP contribution in [0.15, 0.2) is 24.3 Å². The van der Waals surface area contributed by atoms with Crippen LogP contribution in [0.1, 0.15) is 44.1 Å². The Morgan fingerprint density at radius 1 is 1.16 bits per heavy atom. The molecule has 0 heterocycles. The van der Waals surface area contributed by atoms with E-state index in [2.05, 4.69) is 0 Å². The monoisotopic (exact) mass is 264 g/mol. The van der Waals surface area contributed by atoms with E-state index in [1.807, 2.05) is 0 Å². The van der Waals surface area contributed by atoms with E-state index in [1.54, 1.807) is 18.2 Å². The van der Waals surface area contributed by atoms with Gasteiger partial charge in [0, 0.05) is 19.1 Å². The molecule has 4 heteroatoms. The lowest BCUT2D eigenvalue weighted by Crippen LogP contribution is -2.20. The number of aliphatic hydroxyl groups excluding tert-OH is 1. The number of aliphatic hydroxyl groups is 1. The van der Waals surface area contributed by atoms with Crippen molar-refractivity contribution in [1.82, 2.24) is 0 Å². The molecule has 0 spiro atoms. The number of Topliss-reactive ketones (excluding diaryl/α,β-unsaturated/α-hetero) is 2. The number of carbonyl (C=O) groups excluding carboxylic acids is 2. The molecule has 0 aliphatic rings. The summed E-state index contributed by atoms with van der Waals surface area (Å²) in [6, 6.07) is 6.61. The number of ketones is 2. The van der Waals surface area contributed by atoms with E-state index in [0.717, 1.165) is 12.8 Å². The molecule has 4 nitrogen and oxygen atoms in total. The number of phenolic OH excluding ortho intramolecular Hbond substituents is 1. The van der Waals surface area contributed by atoms with Gasteiger partial charge in [-0.15, -0.1) is 0 Å². The van der Waals surface area contributed by atoms with Gasteiger partial charge in [-0.3, -0.25) is 9.59 Å². The molecule has 0 aromatic heterocycles. The second kappa shape index (κ2) is 7.69. The Kier molecular flexibility index (Phi) is 6.22. The minimum atomic E-state index is -0.586. The van der Waals surface area contributed by atoms with Crippen LogP contribution in [0.4, 0.5) is 0 Å². The summed E-state index contributed by atoms with van der Waals surface area (Å²) in [7, 11) is 0. The van der Waals surface area contributed by atoms with Crippen LogP contribution in [0.2, 0.25) is 0 Å². The molecule has 0 saturated carbocycles. The highest BCUT2D eigenvalue weighted by Crippen LogP contribution is 2.30. The van der Waals surface area contributed by atoms with Gasteiger partial charge in [0.25, 0.3) is 0 Å². The highest BCUT2D eigenvalue weighted by atomic mass is 16.3. The maximum Gasteiger partial charge on any atom is 0.205 e. The molecule has 1 aromatic carbocycles. The first kappa shape index (κ1) is 15.4. The van der Waals surface area contributed by atoms with Gasteiger partial charge < -0.3 is 10.2 Å². The maximum absolute atomic E-state index is 11.9. The molecule has 2 N–H and O–H groups in total. The van der Waals surface area contributed by atoms with Crippen LogP contribution in [-0.4, -0.2) is 28.4 Å². The van der Waals surface area contributed by atoms with Gasteiger partial charge in [0.15, 0.2) is 5.78 Å². The number of benzene rings is 1. The first-order chi connectivity index (χ1) is 9.07. The second-order valence-corrected chi connectivity index (χ2v) is 4.60. The van der Waals surface area contributed by atoms with Gasteiger partial charge in [0.1, 0.15) is 5.75 Å². The molecule has 19 heavy (non-hydrogen) atoms. The number of aromatic hydroxyl groups is 1. The Hall–Kier alpha value is -1.68. The van der Waals surface area contributed by atoms with E-state index in [1.165, 1.54) is 13.0 Å². The molecule has 0 saturated heterocycles. The predicted molar refractivity (Wildman–Crippen MR) is 72.1 cm³/mol. The summed E-state index contributed by atoms with van der Waals surface area (Å²) in [5.41, 5.74) is 0.506. The number of rotatable bonds is 8. The van der Waals surface area contributed by atoms with Crippen molar-refractivity contribution in [2.75, 3.05) is 6.61 Å². The molecule has 0 aliphatic heterocycles. The van der Waals surface area contributed by atoms with Crippen molar-refractivity contribution >= 4 is 11.6 Å². The first-order valence-corrected chi connectivity index (χ1v) is 6.51. The van der Waals surface area contributed by atoms with E-state index < -0.39 is 17.5 Å². The van der Waals surface area contributed by atoms with Gasteiger partial charge in [0.2, 0.25) is 5.78 Å². The third kappa shape index (κ3) is 4.48. The lowest BCUT2D eigenvalue weighted by Gasteiger charge is -2.16. The van der Waals surface area contributed by atoms with Crippen LogP contribution in [0.25, 0.3) is 0 Å². The quantitative estimate of drug-likeness (QED) is 0.557. The van der Waals surface area contributed by atoms with Crippen molar-refractivity contribution in [3.05, 3.63) is 29.8 Å². The van der Waals surface area contributed by atoms with Crippen molar-refractivity contribution in [2.45, 2.75) is 38.5 Å². The van der Waals surface area contributed by atoms with Crippen LogP contribution in [0, 0.1) is 0 Å². The zero-order valence-corrected chi connectivity index (χ0v) is 11.1. The van der Waals surface area contributed by atoms with Crippen molar-refractivity contribution in [1.29, 1.82) is 0 Å². The molecule has 0 amide bonds. The van der Waals surface area contributed by atoms with Crippen molar-refractivity contribution in [3.63, 3.8) is 0 Å². The number of phenols is 1. The van der Waals surface area contributed by atoms with Gasteiger partial charge >= 0.3 is 0 Å². The summed E-state index contributed by atoms with van der Waals surface area (Å²) < 4.78 is 0. The van der Waals surface area contributed by atoms with Crippen molar-refractivity contribution in [2.24, 2.45) is 0 Å². The van der Waals surface area contributed by atoms with Crippen LogP contribution in [0.3, 0.4) is 0 Å². The molecular formula is C15H20O4. The summed E-state index contributed by atoms with van der Waals surface area (Å²) in [5, 5.41) is 18.5. The first-order valence-electron chi connectivity index (χ1n) is 6.51. The summed E-state index contributed by atoms with van der Waals surface area (Å²) in [4.78, 5) is 23.2. The zero-order valence-electron chi connectivity index (χ0n) is 11.1. The fourth-order valence-corrected chi connectivity index (χ4v) is 2.09. The average molecular weight is 264 g/mol. The Bertz CT molecular complexity index is 440. The molecule has 104 valence electrons. The average Bonchev–Trinajstić information content (AvgIpc) is 2.39. The van der Waals surface area contributed by atoms with E-state index in [0.29, 0.717) is 18.4 Å². The van der Waals surface area contributed by atoms with Gasteiger partial charge in [-0.2, -0.15) is 0 Å². The molecule has 1 unspecified atom stereocenters. The number of unbranched alkanes of at least 4 members (excludes halogenated alkanes) is 2. The number of para-hydroxylation sites is 1. The normalized spacial score (nSPS) is 12.1. The minimum absolute atomic E-state index is 0.0456. The Labute approximate surface area is 113 Å². The fourth-order valence-electron chi connectivity index (χ4n) is 2.09. The lowest BCUT2D eigenvalue weighted by atomic mass is 9.87. The molecule has 1 atom stereocenters. The van der Waals surface area contributed by atoms with E-state index in [-0.39, 0.29) is 12.4 Å². The van der Waals surface area contributed by atoms with Gasteiger partial charge in [-0.05, 0) is 18.9 Å². The van der Waals surface area contributed by atoms with Crippen molar-refractivity contribution in [3.8, 4) is 5.75 Å². The largest absolute Gasteiger partial charge is 0.508 e. The van der Waals surface area contributed by atoms with Crippen LogP contribution < -0.4 is 0 Å². The number of hydrogen-bond donors (Lipinski definition) is 2. The summed E-state index contributed by atoms with van der Waals surface area (Å²) in [6.45, 7) is 1.38. The highest BCUT2D eigenvalue weighted by Gasteiger charge is 2.25. The third-order valence-electron chi connectivity index (χ3n) is 3.13. The third-order valence-corrected chi connectivity index (χ3v) is 3.13. The van der Waals surface area contributed by atoms with Crippen LogP contribution in [0.5, 0.6) is 5.75 Å². The SMILES string of the molecule is CC(=O)C(=O)C(CCCCCO)c1ccccc1O. The number of hydrogen-bond acceptors (Lipinski definition) is 4. The Balaban J connectivity index is 2.84. The second-order valence-electron chi connectivity index (χ2n) is 4.60. The molecular weight excluding hydrogens is 244 g/mol. The smallest absolute Gasteiger partial charge is 0.205 e. The maximum atomic E-state index is 11.9. The highest BCUT2D eigenvalue weighted by molar-refractivity contribution is 6.38. The zero-order chi connectivity index (χ0) is 14.3. The predicted octanol–water partition coefficient (Wildman–Crippen LogP) is 2.19. The van der Waals surface area contributed by atoms with E-state index in [4.69, 9.17) is 5.11 Å². The Morgan fingerprint density at radius 2 is 1.84 bits per heavy atom. The Morgan fingerprint density at radius 3 is 2.42 bits per heavy atom. The molecule has 0 aliphatic carbocycles. The van der Waals surface area contributed by atoms with Crippen molar-refractivity contribution < 1.29 is 19.8 Å². The fraction of sp³-hybridized carbons (Fsp3) is 0.467. The molecule has 0 bridgehead atoms. The van der Waals surface area contributed by atoms with Crippen LogP contribution >= 0.6 is 0 Å². The topological polar surface area (TPSA) is 74.6 Å². The van der Waals surface area contributed by atoms with Gasteiger partial charge in [-0.25, -0.2) is 0 Å². The molecule has 1 rings (SSSR count). The van der Waals surface area contributed by atoms with Gasteiger partial charge in [0.05, 0.1) is 5.92 Å².